The highest BCUT2D eigenvalue weighted by molar-refractivity contribution is 7.99. The molecule has 9 heteroatoms. The van der Waals surface area contributed by atoms with Crippen LogP contribution in [0.15, 0.2) is 27.8 Å². The minimum atomic E-state index is -0.371. The summed E-state index contributed by atoms with van der Waals surface area (Å²) in [5.41, 5.74) is 4.72. The van der Waals surface area contributed by atoms with E-state index in [1.54, 1.807) is 6.92 Å². The van der Waals surface area contributed by atoms with Crippen molar-refractivity contribution in [2.24, 2.45) is 0 Å². The first-order valence-electron chi connectivity index (χ1n) is 10.6. The average molecular weight is 472 g/mol. The Morgan fingerprint density at radius 3 is 2.78 bits per heavy atom. The first-order chi connectivity index (χ1) is 15.5. The van der Waals surface area contributed by atoms with Gasteiger partial charge in [0.2, 0.25) is 11.8 Å². The number of amides is 1. The van der Waals surface area contributed by atoms with Gasteiger partial charge >= 0.3 is 5.97 Å². The molecule has 1 aliphatic carbocycles. The summed E-state index contributed by atoms with van der Waals surface area (Å²) in [5, 5.41) is 11.9. The van der Waals surface area contributed by atoms with Crippen molar-refractivity contribution in [2.75, 3.05) is 17.7 Å². The minimum absolute atomic E-state index is 0.0966. The molecular weight excluding hydrogens is 446 g/mol. The van der Waals surface area contributed by atoms with Crippen LogP contribution in [0.2, 0.25) is 0 Å². The predicted octanol–water partition coefficient (Wildman–Crippen LogP) is 5.20. The number of thiophene rings is 1. The Morgan fingerprint density at radius 2 is 2.00 bits per heavy atom. The van der Waals surface area contributed by atoms with E-state index in [0.29, 0.717) is 28.3 Å². The molecule has 0 spiro atoms. The molecule has 2 heterocycles. The van der Waals surface area contributed by atoms with Gasteiger partial charge in [-0.15, -0.1) is 21.5 Å². The zero-order valence-electron chi connectivity index (χ0n) is 18.3. The lowest BCUT2D eigenvalue weighted by molar-refractivity contribution is -0.113. The van der Waals surface area contributed by atoms with Crippen LogP contribution in [0.5, 0.6) is 0 Å². The molecule has 4 rings (SSSR count). The lowest BCUT2D eigenvalue weighted by Crippen LogP contribution is -2.17. The van der Waals surface area contributed by atoms with Crippen LogP contribution in [0.4, 0.5) is 5.00 Å². The number of esters is 1. The lowest BCUT2D eigenvalue weighted by Gasteiger charge is -2.12. The van der Waals surface area contributed by atoms with Gasteiger partial charge in [0, 0.05) is 10.4 Å². The van der Waals surface area contributed by atoms with Gasteiger partial charge in [0.05, 0.1) is 17.9 Å². The van der Waals surface area contributed by atoms with E-state index in [-0.39, 0.29) is 17.6 Å². The maximum Gasteiger partial charge on any atom is 0.341 e. The van der Waals surface area contributed by atoms with Crippen molar-refractivity contribution in [1.82, 2.24) is 10.2 Å². The molecule has 0 radical (unpaired) electrons. The van der Waals surface area contributed by atoms with Crippen molar-refractivity contribution in [1.29, 1.82) is 0 Å². The maximum atomic E-state index is 12.6. The Hall–Kier alpha value is -2.65. The molecule has 0 atom stereocenters. The van der Waals surface area contributed by atoms with E-state index in [0.717, 1.165) is 47.3 Å². The summed E-state index contributed by atoms with van der Waals surface area (Å²) in [4.78, 5) is 26.3. The fraction of sp³-hybridized carbons (Fsp3) is 0.391. The summed E-state index contributed by atoms with van der Waals surface area (Å²) in [7, 11) is 0. The summed E-state index contributed by atoms with van der Waals surface area (Å²) >= 11 is 2.64. The highest BCUT2D eigenvalue weighted by atomic mass is 32.2. The highest BCUT2D eigenvalue weighted by Gasteiger charge is 2.27. The molecule has 0 saturated carbocycles. The Kier molecular flexibility index (Phi) is 6.95. The van der Waals surface area contributed by atoms with E-state index in [2.05, 4.69) is 15.5 Å². The standard InChI is InChI=1S/C23H25N3O4S2/c1-4-29-22(28)19-16-7-5-6-8-17(16)32-21(19)24-18(27)12-31-23-26-25-20(30-23)15-10-9-13(2)14(3)11-15/h9-11H,4-8,12H2,1-3H3,(H,24,27). The first kappa shape index (κ1) is 22.5. The average Bonchev–Trinajstić information content (AvgIpc) is 3.39. The van der Waals surface area contributed by atoms with Crippen LogP contribution in [0, 0.1) is 13.8 Å². The van der Waals surface area contributed by atoms with Crippen LogP contribution in [-0.2, 0) is 22.4 Å². The van der Waals surface area contributed by atoms with E-state index >= 15 is 0 Å². The number of hydrogen-bond donors (Lipinski definition) is 1. The van der Waals surface area contributed by atoms with E-state index in [9.17, 15) is 9.59 Å². The molecule has 1 amide bonds. The van der Waals surface area contributed by atoms with Gasteiger partial charge in [-0.1, -0.05) is 17.8 Å². The van der Waals surface area contributed by atoms with Crippen LogP contribution in [-0.4, -0.2) is 34.4 Å². The van der Waals surface area contributed by atoms with Gasteiger partial charge < -0.3 is 14.5 Å². The van der Waals surface area contributed by atoms with Gasteiger partial charge in [-0.25, -0.2) is 4.79 Å². The van der Waals surface area contributed by atoms with Crippen LogP contribution in [0.3, 0.4) is 0 Å². The lowest BCUT2D eigenvalue weighted by atomic mass is 9.95. The molecule has 3 aromatic rings. The summed E-state index contributed by atoms with van der Waals surface area (Å²) in [6, 6.07) is 5.95. The molecule has 1 aliphatic rings. The number of ether oxygens (including phenoxy) is 1. The van der Waals surface area contributed by atoms with Crippen molar-refractivity contribution >= 4 is 40.0 Å². The maximum absolute atomic E-state index is 12.6. The van der Waals surface area contributed by atoms with Crippen LogP contribution in [0.25, 0.3) is 11.5 Å². The van der Waals surface area contributed by atoms with Gasteiger partial charge in [-0.05, 0) is 75.3 Å². The number of fused-ring (bicyclic) bond motifs is 1. The number of benzene rings is 1. The Balaban J connectivity index is 1.42. The molecule has 1 N–H and O–H groups in total. The van der Waals surface area contributed by atoms with Crippen molar-refractivity contribution in [3.63, 3.8) is 0 Å². The quantitative estimate of drug-likeness (QED) is 0.374. The van der Waals surface area contributed by atoms with E-state index in [1.165, 1.54) is 28.7 Å². The molecule has 0 fully saturated rings. The minimum Gasteiger partial charge on any atom is -0.462 e. The highest BCUT2D eigenvalue weighted by Crippen LogP contribution is 2.38. The van der Waals surface area contributed by atoms with E-state index < -0.39 is 0 Å². The van der Waals surface area contributed by atoms with Crippen molar-refractivity contribution < 1.29 is 18.7 Å². The number of aryl methyl sites for hydroxylation is 3. The number of aromatic nitrogens is 2. The second-order valence-corrected chi connectivity index (χ2v) is 9.68. The van der Waals surface area contributed by atoms with Crippen LogP contribution >= 0.6 is 23.1 Å². The third kappa shape index (κ3) is 4.88. The second kappa shape index (κ2) is 9.87. The zero-order chi connectivity index (χ0) is 22.7. The Morgan fingerprint density at radius 1 is 1.19 bits per heavy atom. The molecule has 0 unspecified atom stereocenters. The van der Waals surface area contributed by atoms with Crippen molar-refractivity contribution in [3.8, 4) is 11.5 Å². The fourth-order valence-corrected chi connectivity index (χ4v) is 5.48. The molecular formula is C23H25N3O4S2. The molecule has 0 bridgehead atoms. The van der Waals surface area contributed by atoms with Gasteiger partial charge in [-0.2, -0.15) is 0 Å². The molecule has 32 heavy (non-hydrogen) atoms. The normalized spacial score (nSPS) is 13.0. The molecule has 7 nitrogen and oxygen atoms in total. The smallest absolute Gasteiger partial charge is 0.341 e. The van der Waals surface area contributed by atoms with E-state index in [1.807, 2.05) is 32.0 Å². The number of hydrogen-bond acceptors (Lipinski definition) is 8. The Labute approximate surface area is 195 Å². The molecule has 0 saturated heterocycles. The third-order valence-electron chi connectivity index (χ3n) is 5.39. The summed E-state index contributed by atoms with van der Waals surface area (Å²) in [5.74, 6) is -0.0826. The monoisotopic (exact) mass is 471 g/mol. The number of rotatable bonds is 7. The van der Waals surface area contributed by atoms with Crippen LogP contribution < -0.4 is 5.32 Å². The van der Waals surface area contributed by atoms with Crippen LogP contribution in [0.1, 0.15) is 51.7 Å². The largest absolute Gasteiger partial charge is 0.462 e. The number of nitrogens with one attached hydrogen (secondary N) is 1. The number of thioether (sulfide) groups is 1. The zero-order valence-corrected chi connectivity index (χ0v) is 20.0. The molecule has 1 aromatic carbocycles. The van der Waals surface area contributed by atoms with Crippen molar-refractivity contribution in [2.45, 2.75) is 51.7 Å². The summed E-state index contributed by atoms with van der Waals surface area (Å²) in [6.45, 7) is 6.15. The van der Waals surface area contributed by atoms with Gasteiger partial charge in [0.25, 0.3) is 5.22 Å². The first-order valence-corrected chi connectivity index (χ1v) is 12.4. The SMILES string of the molecule is CCOC(=O)c1c(NC(=O)CSc2nnc(-c3ccc(C)c(C)c3)o2)sc2c1CCCC2. The molecule has 0 aliphatic heterocycles. The topological polar surface area (TPSA) is 94.3 Å². The third-order valence-corrected chi connectivity index (χ3v) is 7.42. The predicted molar refractivity (Wildman–Crippen MR) is 125 cm³/mol. The Bertz CT molecular complexity index is 1150. The number of carbonyl (C=O) groups is 2. The van der Waals surface area contributed by atoms with E-state index in [4.69, 9.17) is 9.15 Å². The number of anilines is 1. The van der Waals surface area contributed by atoms with Gasteiger partial charge in [0.15, 0.2) is 0 Å². The van der Waals surface area contributed by atoms with Gasteiger partial charge in [0.1, 0.15) is 5.00 Å². The summed E-state index contributed by atoms with van der Waals surface area (Å²) in [6.07, 6.45) is 3.91. The fourth-order valence-electron chi connectivity index (χ4n) is 3.62. The second-order valence-electron chi connectivity index (χ2n) is 7.64. The number of nitrogens with zero attached hydrogens (tertiary/aromatic N) is 2. The van der Waals surface area contributed by atoms with Gasteiger partial charge in [-0.3, -0.25) is 4.79 Å². The van der Waals surface area contributed by atoms with Crippen molar-refractivity contribution in [3.05, 3.63) is 45.3 Å². The molecule has 2 aromatic heterocycles. The number of carbonyl (C=O) groups excluding carboxylic acids is 2. The molecule has 168 valence electrons. The summed E-state index contributed by atoms with van der Waals surface area (Å²) < 4.78 is 11.0.